The van der Waals surface area contributed by atoms with Crippen molar-refractivity contribution in [2.45, 2.75) is 6.18 Å². The number of benzene rings is 3. The number of piperazine rings is 1. The van der Waals surface area contributed by atoms with Crippen molar-refractivity contribution in [1.29, 1.82) is 0 Å². The maximum absolute atomic E-state index is 14.8. The Bertz CT molecular complexity index is 1560. The number of carbonyl (C=O) groups is 1. The summed E-state index contributed by atoms with van der Waals surface area (Å²) in [7, 11) is 0. The minimum Gasteiger partial charge on any atom is -0.454 e. The van der Waals surface area contributed by atoms with E-state index in [4.69, 9.17) is 16.3 Å². The molecule has 13 heteroatoms. The predicted octanol–water partition coefficient (Wildman–Crippen LogP) is 6.03. The maximum Gasteiger partial charge on any atom is 0.417 e. The molecule has 3 aromatic carbocycles. The van der Waals surface area contributed by atoms with Crippen molar-refractivity contribution in [3.8, 4) is 11.5 Å². The number of aromatic nitrogens is 2. The molecular weight excluding hydrogens is 545 g/mol. The molecule has 1 amide bonds. The highest BCUT2D eigenvalue weighted by molar-refractivity contribution is 6.31. The van der Waals surface area contributed by atoms with E-state index in [9.17, 15) is 26.7 Å². The number of ether oxygens (including phenoxy) is 1. The SMILES string of the molecule is O=C(Nc1ccc(Oc2ccc3ncc(N4CCNCC4)nc3c2)c(F)c1F)c1ccc(Cl)c(C(F)(F)F)c1. The summed E-state index contributed by atoms with van der Waals surface area (Å²) in [6.45, 7) is 3.17. The Morgan fingerprint density at radius 1 is 1.00 bits per heavy atom. The third-order valence-electron chi connectivity index (χ3n) is 6.00. The van der Waals surface area contributed by atoms with Gasteiger partial charge in [-0.15, -0.1) is 0 Å². The number of alkyl halides is 3. The largest absolute Gasteiger partial charge is 0.454 e. The van der Waals surface area contributed by atoms with E-state index >= 15 is 0 Å². The number of hydrogen-bond donors (Lipinski definition) is 2. The maximum atomic E-state index is 14.8. The standard InChI is InChI=1S/C26H19ClF5N5O2/c27-17-3-1-14(11-16(17)26(30,31)32)25(38)36-19-5-6-21(24(29)23(19)28)39-15-2-4-18-20(12-15)35-22(13-34-18)37-9-7-33-8-10-37/h1-6,11-13,33H,7-10H2,(H,36,38). The van der Waals surface area contributed by atoms with E-state index in [-0.39, 0.29) is 5.75 Å². The number of halogens is 6. The first-order valence-electron chi connectivity index (χ1n) is 11.7. The lowest BCUT2D eigenvalue weighted by Gasteiger charge is -2.28. The molecule has 1 aromatic heterocycles. The second-order valence-corrected chi connectivity index (χ2v) is 9.01. The number of hydrogen-bond acceptors (Lipinski definition) is 6. The van der Waals surface area contributed by atoms with Crippen molar-refractivity contribution >= 4 is 40.0 Å². The summed E-state index contributed by atoms with van der Waals surface area (Å²) >= 11 is 5.56. The molecule has 7 nitrogen and oxygen atoms in total. The Morgan fingerprint density at radius 2 is 1.77 bits per heavy atom. The molecule has 0 spiro atoms. The Kier molecular flexibility index (Phi) is 7.23. The van der Waals surface area contributed by atoms with Gasteiger partial charge in [-0.25, -0.2) is 9.37 Å². The lowest BCUT2D eigenvalue weighted by atomic mass is 10.1. The van der Waals surface area contributed by atoms with Gasteiger partial charge >= 0.3 is 6.18 Å². The minimum atomic E-state index is -4.80. The molecule has 0 aliphatic carbocycles. The molecule has 1 saturated heterocycles. The monoisotopic (exact) mass is 563 g/mol. The van der Waals surface area contributed by atoms with Crippen molar-refractivity contribution in [2.75, 3.05) is 36.4 Å². The Hall–Kier alpha value is -4.03. The molecule has 202 valence electrons. The Labute approximate surface area is 223 Å². The summed E-state index contributed by atoms with van der Waals surface area (Å²) in [5.41, 5.74) is -1.17. The summed E-state index contributed by atoms with van der Waals surface area (Å²) in [6.07, 6.45) is -3.13. The molecule has 1 aliphatic heterocycles. The molecular formula is C26H19ClF5N5O2. The highest BCUT2D eigenvalue weighted by atomic mass is 35.5. The third-order valence-corrected chi connectivity index (χ3v) is 6.33. The van der Waals surface area contributed by atoms with Crippen LogP contribution in [0.15, 0.2) is 54.7 Å². The molecule has 1 aliphatic rings. The summed E-state index contributed by atoms with van der Waals surface area (Å²) < 4.78 is 74.5. The summed E-state index contributed by atoms with van der Waals surface area (Å²) in [4.78, 5) is 23.5. The number of carbonyl (C=O) groups excluding carboxylic acids is 1. The average molecular weight is 564 g/mol. The van der Waals surface area contributed by atoms with Gasteiger partial charge in [0.15, 0.2) is 11.6 Å². The normalized spacial score (nSPS) is 13.9. The van der Waals surface area contributed by atoms with E-state index in [2.05, 4.69) is 25.5 Å². The first-order chi connectivity index (χ1) is 18.6. The zero-order chi connectivity index (χ0) is 27.7. The van der Waals surface area contributed by atoms with E-state index in [0.29, 0.717) is 22.9 Å². The van der Waals surface area contributed by atoms with Crippen LogP contribution in [0.4, 0.5) is 33.5 Å². The van der Waals surface area contributed by atoms with E-state index in [1.54, 1.807) is 18.3 Å². The number of rotatable bonds is 5. The fourth-order valence-electron chi connectivity index (χ4n) is 4.00. The number of anilines is 2. The van der Waals surface area contributed by atoms with Gasteiger partial charge in [0.05, 0.1) is 33.5 Å². The second kappa shape index (κ2) is 10.6. The van der Waals surface area contributed by atoms with Crippen LogP contribution in [-0.2, 0) is 6.18 Å². The molecule has 0 saturated carbocycles. The fraction of sp³-hybridized carbons (Fsp3) is 0.192. The zero-order valence-electron chi connectivity index (χ0n) is 20.0. The highest BCUT2D eigenvalue weighted by Crippen LogP contribution is 2.36. The van der Waals surface area contributed by atoms with Gasteiger partial charge in [-0.3, -0.25) is 9.78 Å². The molecule has 39 heavy (non-hydrogen) atoms. The zero-order valence-corrected chi connectivity index (χ0v) is 20.7. The molecule has 4 aromatic rings. The van der Waals surface area contributed by atoms with E-state index in [0.717, 1.165) is 50.4 Å². The Morgan fingerprint density at radius 3 is 2.51 bits per heavy atom. The summed E-state index contributed by atoms with van der Waals surface area (Å²) in [6, 6.07) is 9.28. The molecule has 2 heterocycles. The summed E-state index contributed by atoms with van der Waals surface area (Å²) in [5.74, 6) is -3.56. The van der Waals surface area contributed by atoms with Gasteiger partial charge < -0.3 is 20.3 Å². The predicted molar refractivity (Wildman–Crippen MR) is 135 cm³/mol. The average Bonchev–Trinajstić information content (AvgIpc) is 2.92. The number of nitrogens with one attached hydrogen (secondary N) is 2. The first-order valence-corrected chi connectivity index (χ1v) is 12.0. The van der Waals surface area contributed by atoms with Crippen LogP contribution in [-0.4, -0.2) is 42.1 Å². The highest BCUT2D eigenvalue weighted by Gasteiger charge is 2.34. The van der Waals surface area contributed by atoms with Crippen LogP contribution in [0.1, 0.15) is 15.9 Å². The lowest BCUT2D eigenvalue weighted by Crippen LogP contribution is -2.43. The van der Waals surface area contributed by atoms with E-state index in [1.807, 2.05) is 0 Å². The van der Waals surface area contributed by atoms with Gasteiger partial charge in [0, 0.05) is 37.8 Å². The summed E-state index contributed by atoms with van der Waals surface area (Å²) in [5, 5.41) is 4.73. The van der Waals surface area contributed by atoms with E-state index in [1.165, 1.54) is 6.07 Å². The number of fused-ring (bicyclic) bond motifs is 1. The van der Waals surface area contributed by atoms with E-state index < -0.39 is 51.3 Å². The van der Waals surface area contributed by atoms with Gasteiger partial charge in [0.1, 0.15) is 11.6 Å². The number of nitrogens with zero attached hydrogens (tertiary/aromatic N) is 3. The van der Waals surface area contributed by atoms with Crippen LogP contribution in [0.5, 0.6) is 11.5 Å². The Balaban J connectivity index is 1.35. The first kappa shape index (κ1) is 26.6. The molecule has 1 fully saturated rings. The molecule has 2 N–H and O–H groups in total. The van der Waals surface area contributed by atoms with Crippen molar-refractivity contribution in [3.05, 3.63) is 82.5 Å². The topological polar surface area (TPSA) is 79.4 Å². The minimum absolute atomic E-state index is 0.171. The van der Waals surface area contributed by atoms with Crippen LogP contribution >= 0.6 is 11.6 Å². The van der Waals surface area contributed by atoms with Crippen LogP contribution in [0.25, 0.3) is 11.0 Å². The molecule has 0 radical (unpaired) electrons. The smallest absolute Gasteiger partial charge is 0.417 e. The van der Waals surface area contributed by atoms with Crippen molar-refractivity contribution < 1.29 is 31.5 Å². The second-order valence-electron chi connectivity index (χ2n) is 8.60. The molecule has 0 atom stereocenters. The fourth-order valence-corrected chi connectivity index (χ4v) is 4.23. The van der Waals surface area contributed by atoms with Crippen LogP contribution in [0.2, 0.25) is 5.02 Å². The van der Waals surface area contributed by atoms with Gasteiger partial charge in [-0.05, 0) is 42.5 Å². The van der Waals surface area contributed by atoms with Crippen molar-refractivity contribution in [1.82, 2.24) is 15.3 Å². The van der Waals surface area contributed by atoms with Gasteiger partial charge in [-0.2, -0.15) is 17.6 Å². The van der Waals surface area contributed by atoms with Crippen LogP contribution in [0, 0.1) is 11.6 Å². The lowest BCUT2D eigenvalue weighted by molar-refractivity contribution is -0.137. The van der Waals surface area contributed by atoms with Gasteiger partial charge in [-0.1, -0.05) is 11.6 Å². The number of amides is 1. The van der Waals surface area contributed by atoms with Gasteiger partial charge in [0.25, 0.3) is 5.91 Å². The molecule has 0 bridgehead atoms. The van der Waals surface area contributed by atoms with Gasteiger partial charge in [0.2, 0.25) is 5.82 Å². The van der Waals surface area contributed by atoms with Crippen LogP contribution < -0.4 is 20.3 Å². The quantitative estimate of drug-likeness (QED) is 0.289. The third kappa shape index (κ3) is 5.71. The molecule has 0 unspecified atom stereocenters. The van der Waals surface area contributed by atoms with Crippen LogP contribution in [0.3, 0.4) is 0 Å². The van der Waals surface area contributed by atoms with Crippen molar-refractivity contribution in [2.24, 2.45) is 0 Å². The molecule has 5 rings (SSSR count). The van der Waals surface area contributed by atoms with Crippen molar-refractivity contribution in [3.63, 3.8) is 0 Å².